The van der Waals surface area contributed by atoms with Crippen LogP contribution in [0.25, 0.3) is 0 Å². The summed E-state index contributed by atoms with van der Waals surface area (Å²) in [6, 6.07) is 5.14. The van der Waals surface area contributed by atoms with Crippen molar-refractivity contribution >= 4 is 23.2 Å². The maximum Gasteiger partial charge on any atom is 0.253 e. The van der Waals surface area contributed by atoms with Crippen LogP contribution >= 0.6 is 0 Å². The number of nitrogens with one attached hydrogen (secondary N) is 2. The summed E-state index contributed by atoms with van der Waals surface area (Å²) in [5.74, 6) is -0.186. The number of nitrogens with two attached hydrogens (primary N) is 1. The maximum atomic E-state index is 12.0. The topological polar surface area (TPSA) is 87.5 Å². The lowest BCUT2D eigenvalue weighted by Crippen LogP contribution is -2.29. The highest BCUT2D eigenvalue weighted by Gasteiger charge is 2.14. The number of carbonyl (C=O) groups is 2. The number of hydrogen-bond donors (Lipinski definition) is 3. The Kier molecular flexibility index (Phi) is 5.83. The summed E-state index contributed by atoms with van der Waals surface area (Å²) >= 11 is 0. The van der Waals surface area contributed by atoms with Gasteiger partial charge in [0.25, 0.3) is 5.91 Å². The van der Waals surface area contributed by atoms with E-state index in [-0.39, 0.29) is 11.8 Å². The molecule has 0 saturated heterocycles. The predicted molar refractivity (Wildman–Crippen MR) is 80.8 cm³/mol. The molecule has 0 aliphatic rings. The molecule has 0 aliphatic carbocycles. The lowest BCUT2D eigenvalue weighted by Gasteiger charge is -2.22. The van der Waals surface area contributed by atoms with E-state index in [0.29, 0.717) is 30.8 Å². The molecular formula is C14H22N4O2. The SMILES string of the molecule is CCNC(=O)c1ccc(N)cc1N(C)CCC(=O)NC. The van der Waals surface area contributed by atoms with Crippen molar-refractivity contribution < 1.29 is 9.59 Å². The Balaban J connectivity index is 2.93. The first-order chi connectivity index (χ1) is 9.49. The third kappa shape index (κ3) is 4.15. The lowest BCUT2D eigenvalue weighted by atomic mass is 10.1. The molecule has 0 unspecified atom stereocenters. The van der Waals surface area contributed by atoms with Crippen LogP contribution in [-0.4, -0.2) is 39.0 Å². The van der Waals surface area contributed by atoms with Gasteiger partial charge in [-0.2, -0.15) is 0 Å². The third-order valence-electron chi connectivity index (χ3n) is 2.97. The zero-order valence-electron chi connectivity index (χ0n) is 12.2. The van der Waals surface area contributed by atoms with Crippen molar-refractivity contribution in [3.05, 3.63) is 23.8 Å². The van der Waals surface area contributed by atoms with Crippen molar-refractivity contribution in [1.29, 1.82) is 0 Å². The summed E-state index contributed by atoms with van der Waals surface area (Å²) in [5.41, 5.74) is 7.65. The highest BCUT2D eigenvalue weighted by Crippen LogP contribution is 2.23. The number of nitrogen functional groups attached to an aromatic ring is 1. The van der Waals surface area contributed by atoms with Gasteiger partial charge in [-0.1, -0.05) is 0 Å². The molecule has 6 heteroatoms. The summed E-state index contributed by atoms with van der Waals surface area (Å²) in [6.45, 7) is 2.93. The number of hydrogen-bond acceptors (Lipinski definition) is 4. The summed E-state index contributed by atoms with van der Waals surface area (Å²) in [7, 11) is 3.43. The number of benzene rings is 1. The molecule has 0 aliphatic heterocycles. The van der Waals surface area contributed by atoms with Crippen LogP contribution in [0.5, 0.6) is 0 Å². The Labute approximate surface area is 119 Å². The summed E-state index contributed by atoms with van der Waals surface area (Å²) in [6.07, 6.45) is 0.358. The number of carbonyl (C=O) groups excluding carboxylic acids is 2. The zero-order chi connectivity index (χ0) is 15.1. The van der Waals surface area contributed by atoms with Gasteiger partial charge in [-0.3, -0.25) is 9.59 Å². The van der Waals surface area contributed by atoms with Gasteiger partial charge in [-0.25, -0.2) is 0 Å². The minimum absolute atomic E-state index is 0.0414. The average molecular weight is 278 g/mol. The second-order valence-corrected chi connectivity index (χ2v) is 4.48. The fraction of sp³-hybridized carbons (Fsp3) is 0.429. The van der Waals surface area contributed by atoms with Gasteiger partial charge in [-0.15, -0.1) is 0 Å². The van der Waals surface area contributed by atoms with Gasteiger partial charge in [0.1, 0.15) is 0 Å². The van der Waals surface area contributed by atoms with Gasteiger partial charge in [0.2, 0.25) is 5.91 Å². The van der Waals surface area contributed by atoms with Gasteiger partial charge in [-0.05, 0) is 25.1 Å². The molecule has 0 heterocycles. The molecule has 0 bridgehead atoms. The average Bonchev–Trinajstić information content (AvgIpc) is 2.44. The van der Waals surface area contributed by atoms with Crippen LogP contribution < -0.4 is 21.3 Å². The van der Waals surface area contributed by atoms with Gasteiger partial charge >= 0.3 is 0 Å². The molecule has 110 valence electrons. The van der Waals surface area contributed by atoms with Crippen molar-refractivity contribution in [3.8, 4) is 0 Å². The summed E-state index contributed by atoms with van der Waals surface area (Å²) in [4.78, 5) is 25.2. The van der Waals surface area contributed by atoms with Gasteiger partial charge in [0, 0.05) is 39.3 Å². The Morgan fingerprint density at radius 3 is 2.65 bits per heavy atom. The van der Waals surface area contributed by atoms with Crippen molar-refractivity contribution in [1.82, 2.24) is 10.6 Å². The molecule has 0 spiro atoms. The Bertz CT molecular complexity index is 488. The van der Waals surface area contributed by atoms with Crippen LogP contribution in [-0.2, 0) is 4.79 Å². The molecule has 0 atom stereocenters. The van der Waals surface area contributed by atoms with Crippen LogP contribution in [0.3, 0.4) is 0 Å². The maximum absolute atomic E-state index is 12.0. The van der Waals surface area contributed by atoms with Gasteiger partial charge in [0.15, 0.2) is 0 Å². The molecule has 2 amide bonds. The molecule has 0 aromatic heterocycles. The minimum Gasteiger partial charge on any atom is -0.399 e. The van der Waals surface area contributed by atoms with Crippen molar-refractivity contribution in [2.75, 3.05) is 37.8 Å². The molecule has 0 saturated carbocycles. The monoisotopic (exact) mass is 278 g/mol. The number of nitrogens with zero attached hydrogens (tertiary/aromatic N) is 1. The smallest absolute Gasteiger partial charge is 0.253 e. The quantitative estimate of drug-likeness (QED) is 0.665. The normalized spacial score (nSPS) is 9.95. The largest absolute Gasteiger partial charge is 0.399 e. The lowest BCUT2D eigenvalue weighted by molar-refractivity contribution is -0.120. The highest BCUT2D eigenvalue weighted by atomic mass is 16.2. The van der Waals surface area contributed by atoms with Crippen LogP contribution in [0.2, 0.25) is 0 Å². The number of anilines is 2. The highest BCUT2D eigenvalue weighted by molar-refractivity contribution is 6.00. The second kappa shape index (κ2) is 7.37. The van der Waals surface area contributed by atoms with E-state index in [9.17, 15) is 9.59 Å². The fourth-order valence-corrected chi connectivity index (χ4v) is 1.83. The van der Waals surface area contributed by atoms with Crippen LogP contribution in [0.4, 0.5) is 11.4 Å². The first kappa shape index (κ1) is 15.8. The standard InChI is InChI=1S/C14H22N4O2/c1-4-17-14(20)11-6-5-10(15)9-12(11)18(3)8-7-13(19)16-2/h5-6,9H,4,7-8,15H2,1-3H3,(H,16,19)(H,17,20). The predicted octanol–water partition coefficient (Wildman–Crippen LogP) is 0.591. The molecule has 0 radical (unpaired) electrons. The van der Waals surface area contributed by atoms with E-state index >= 15 is 0 Å². The molecule has 0 fully saturated rings. The van der Waals surface area contributed by atoms with Crippen molar-refractivity contribution in [2.45, 2.75) is 13.3 Å². The Hall–Kier alpha value is -2.24. The minimum atomic E-state index is -0.144. The Morgan fingerprint density at radius 2 is 2.05 bits per heavy atom. The molecule has 4 N–H and O–H groups in total. The van der Waals surface area contributed by atoms with Gasteiger partial charge in [0.05, 0.1) is 11.3 Å². The first-order valence-corrected chi connectivity index (χ1v) is 6.59. The molecule has 1 aromatic rings. The number of rotatable bonds is 6. The number of amides is 2. The Morgan fingerprint density at radius 1 is 1.35 bits per heavy atom. The summed E-state index contributed by atoms with van der Waals surface area (Å²) < 4.78 is 0. The molecular weight excluding hydrogens is 256 g/mol. The molecule has 1 aromatic carbocycles. The second-order valence-electron chi connectivity index (χ2n) is 4.48. The molecule has 20 heavy (non-hydrogen) atoms. The van der Waals surface area contributed by atoms with E-state index in [1.54, 1.807) is 25.2 Å². The van der Waals surface area contributed by atoms with Crippen LogP contribution in [0.15, 0.2) is 18.2 Å². The van der Waals surface area contributed by atoms with E-state index in [1.807, 2.05) is 18.9 Å². The van der Waals surface area contributed by atoms with E-state index < -0.39 is 0 Å². The van der Waals surface area contributed by atoms with Crippen LogP contribution in [0, 0.1) is 0 Å². The van der Waals surface area contributed by atoms with E-state index in [4.69, 9.17) is 5.73 Å². The summed E-state index contributed by atoms with van der Waals surface area (Å²) in [5, 5.41) is 5.34. The van der Waals surface area contributed by atoms with E-state index in [2.05, 4.69) is 10.6 Å². The zero-order valence-corrected chi connectivity index (χ0v) is 12.2. The van der Waals surface area contributed by atoms with Crippen molar-refractivity contribution in [3.63, 3.8) is 0 Å². The fourth-order valence-electron chi connectivity index (χ4n) is 1.83. The third-order valence-corrected chi connectivity index (χ3v) is 2.97. The molecule has 6 nitrogen and oxygen atoms in total. The van der Waals surface area contributed by atoms with Crippen LogP contribution in [0.1, 0.15) is 23.7 Å². The van der Waals surface area contributed by atoms with Crippen molar-refractivity contribution in [2.24, 2.45) is 0 Å². The first-order valence-electron chi connectivity index (χ1n) is 6.59. The molecule has 1 rings (SSSR count). The van der Waals surface area contributed by atoms with E-state index in [1.165, 1.54) is 0 Å². The van der Waals surface area contributed by atoms with Gasteiger partial charge < -0.3 is 21.3 Å². The van der Waals surface area contributed by atoms with E-state index in [0.717, 1.165) is 5.69 Å².